The fourth-order valence-corrected chi connectivity index (χ4v) is 1.94. The lowest BCUT2D eigenvalue weighted by atomic mass is 10.1. The average Bonchev–Trinajstić information content (AvgIpc) is 2.45. The van der Waals surface area contributed by atoms with Crippen molar-refractivity contribution in [2.75, 3.05) is 6.54 Å². The molecule has 0 bridgehead atoms. The van der Waals surface area contributed by atoms with Gasteiger partial charge in [0.05, 0.1) is 0 Å². The predicted molar refractivity (Wildman–Crippen MR) is 73.5 cm³/mol. The Bertz CT molecular complexity index is 513. The molecule has 2 nitrogen and oxygen atoms in total. The highest BCUT2D eigenvalue weighted by atomic mass is 19.1. The van der Waals surface area contributed by atoms with E-state index in [0.717, 1.165) is 11.1 Å². The molecule has 19 heavy (non-hydrogen) atoms. The fourth-order valence-electron chi connectivity index (χ4n) is 1.94. The third-order valence-electron chi connectivity index (χ3n) is 2.98. The van der Waals surface area contributed by atoms with Crippen LogP contribution in [0.4, 0.5) is 9.18 Å². The van der Waals surface area contributed by atoms with Crippen molar-refractivity contribution in [2.24, 2.45) is 0 Å². The first kappa shape index (κ1) is 13.3. The monoisotopic (exact) mass is 257 g/mol. The van der Waals surface area contributed by atoms with Gasteiger partial charge in [0, 0.05) is 13.1 Å². The smallest absolute Gasteiger partial charge is 0.310 e. The molecule has 0 fully saturated rings. The number of hydrogen-bond donors (Lipinski definition) is 0. The SMILES string of the molecule is O=C(F)N(CCc1ccccc1)Cc1ccccc1. The second-order valence-electron chi connectivity index (χ2n) is 4.40. The van der Waals surface area contributed by atoms with E-state index in [-0.39, 0.29) is 0 Å². The van der Waals surface area contributed by atoms with Gasteiger partial charge >= 0.3 is 6.16 Å². The predicted octanol–water partition coefficient (Wildman–Crippen LogP) is 3.82. The summed E-state index contributed by atoms with van der Waals surface area (Å²) >= 11 is 0. The molecule has 1 amide bonds. The van der Waals surface area contributed by atoms with Gasteiger partial charge in [-0.2, -0.15) is 0 Å². The average molecular weight is 257 g/mol. The maximum absolute atomic E-state index is 13.0. The molecule has 0 atom stereocenters. The van der Waals surface area contributed by atoms with Crippen LogP contribution in [0, 0.1) is 0 Å². The van der Waals surface area contributed by atoms with E-state index in [1.54, 1.807) is 0 Å². The van der Waals surface area contributed by atoms with E-state index in [9.17, 15) is 9.18 Å². The minimum absolute atomic E-state index is 0.309. The van der Waals surface area contributed by atoms with Crippen molar-refractivity contribution in [1.82, 2.24) is 4.90 Å². The molecule has 0 aromatic heterocycles. The van der Waals surface area contributed by atoms with Gasteiger partial charge in [0.2, 0.25) is 0 Å². The van der Waals surface area contributed by atoms with Crippen molar-refractivity contribution >= 4 is 6.16 Å². The summed E-state index contributed by atoms with van der Waals surface area (Å²) in [4.78, 5) is 12.3. The maximum atomic E-state index is 13.0. The lowest BCUT2D eigenvalue weighted by molar-refractivity contribution is 0.172. The third kappa shape index (κ3) is 4.21. The van der Waals surface area contributed by atoms with Crippen molar-refractivity contribution in [3.63, 3.8) is 0 Å². The van der Waals surface area contributed by atoms with E-state index < -0.39 is 6.16 Å². The standard InChI is InChI=1S/C16H16FNO/c17-16(19)18(13-15-9-5-2-6-10-15)12-11-14-7-3-1-4-8-14/h1-10H,11-13H2. The molecule has 0 N–H and O–H groups in total. The van der Waals surface area contributed by atoms with Crippen LogP contribution in [0.2, 0.25) is 0 Å². The Morgan fingerprint density at radius 1 is 0.895 bits per heavy atom. The van der Waals surface area contributed by atoms with E-state index in [1.165, 1.54) is 4.90 Å². The first-order chi connectivity index (χ1) is 9.25. The summed E-state index contributed by atoms with van der Waals surface area (Å²) in [6, 6.07) is 19.2. The van der Waals surface area contributed by atoms with Gasteiger partial charge in [-0.25, -0.2) is 4.79 Å². The highest BCUT2D eigenvalue weighted by molar-refractivity contribution is 5.66. The Kier molecular flexibility index (Phi) is 4.67. The van der Waals surface area contributed by atoms with Crippen molar-refractivity contribution in [1.29, 1.82) is 0 Å². The maximum Gasteiger partial charge on any atom is 0.400 e. The molecular weight excluding hydrogens is 241 g/mol. The van der Waals surface area contributed by atoms with Crippen LogP contribution in [-0.2, 0) is 13.0 Å². The second kappa shape index (κ2) is 6.69. The van der Waals surface area contributed by atoms with Gasteiger partial charge in [0.25, 0.3) is 0 Å². The van der Waals surface area contributed by atoms with Gasteiger partial charge in [-0.3, -0.25) is 0 Å². The van der Waals surface area contributed by atoms with Crippen molar-refractivity contribution < 1.29 is 9.18 Å². The third-order valence-corrected chi connectivity index (χ3v) is 2.98. The molecule has 0 aliphatic rings. The normalized spacial score (nSPS) is 10.2. The van der Waals surface area contributed by atoms with E-state index in [1.807, 2.05) is 60.7 Å². The molecule has 0 radical (unpaired) electrons. The highest BCUT2D eigenvalue weighted by Gasteiger charge is 2.12. The van der Waals surface area contributed by atoms with Crippen molar-refractivity contribution in [3.8, 4) is 0 Å². The van der Waals surface area contributed by atoms with Crippen molar-refractivity contribution in [3.05, 3.63) is 71.8 Å². The molecule has 0 aliphatic heterocycles. The zero-order valence-electron chi connectivity index (χ0n) is 10.6. The molecule has 2 aromatic carbocycles. The second-order valence-corrected chi connectivity index (χ2v) is 4.40. The Balaban J connectivity index is 1.95. The molecule has 0 saturated heterocycles. The minimum Gasteiger partial charge on any atom is -0.310 e. The summed E-state index contributed by atoms with van der Waals surface area (Å²) in [5.41, 5.74) is 2.03. The fraction of sp³-hybridized carbons (Fsp3) is 0.188. The topological polar surface area (TPSA) is 20.3 Å². The molecule has 0 aliphatic carbocycles. The number of amides is 1. The molecule has 2 aromatic rings. The first-order valence-electron chi connectivity index (χ1n) is 6.28. The molecule has 0 heterocycles. The summed E-state index contributed by atoms with van der Waals surface area (Å²) in [5, 5.41) is 0. The molecule has 2 rings (SSSR count). The summed E-state index contributed by atoms with van der Waals surface area (Å²) in [5.74, 6) is 0. The van der Waals surface area contributed by atoms with Crippen LogP contribution < -0.4 is 0 Å². The van der Waals surface area contributed by atoms with Gasteiger partial charge in [-0.1, -0.05) is 60.7 Å². The van der Waals surface area contributed by atoms with E-state index in [0.29, 0.717) is 19.5 Å². The van der Waals surface area contributed by atoms with Gasteiger partial charge < -0.3 is 4.90 Å². The van der Waals surface area contributed by atoms with Gasteiger partial charge in [0.15, 0.2) is 0 Å². The van der Waals surface area contributed by atoms with Crippen LogP contribution in [-0.4, -0.2) is 17.6 Å². The Labute approximate surface area is 112 Å². The molecule has 0 saturated carbocycles. The Morgan fingerprint density at radius 2 is 1.42 bits per heavy atom. The first-order valence-corrected chi connectivity index (χ1v) is 6.28. The van der Waals surface area contributed by atoms with Gasteiger partial charge in [-0.05, 0) is 17.5 Å². The summed E-state index contributed by atoms with van der Waals surface area (Å²) in [6.45, 7) is 0.692. The van der Waals surface area contributed by atoms with Crippen LogP contribution in [0.1, 0.15) is 11.1 Å². The Hall–Kier alpha value is -2.16. The van der Waals surface area contributed by atoms with E-state index in [4.69, 9.17) is 0 Å². The van der Waals surface area contributed by atoms with Gasteiger partial charge in [0.1, 0.15) is 0 Å². The van der Waals surface area contributed by atoms with Crippen molar-refractivity contribution in [2.45, 2.75) is 13.0 Å². The number of benzene rings is 2. The van der Waals surface area contributed by atoms with Crippen LogP contribution in [0.5, 0.6) is 0 Å². The quantitative estimate of drug-likeness (QED) is 0.589. The minimum atomic E-state index is -1.38. The van der Waals surface area contributed by atoms with Crippen LogP contribution in [0.15, 0.2) is 60.7 Å². The number of nitrogens with zero attached hydrogens (tertiary/aromatic N) is 1. The Morgan fingerprint density at radius 3 is 1.95 bits per heavy atom. The lowest BCUT2D eigenvalue weighted by Gasteiger charge is -2.18. The van der Waals surface area contributed by atoms with Crippen LogP contribution in [0.25, 0.3) is 0 Å². The number of hydrogen-bond acceptors (Lipinski definition) is 1. The number of halogens is 1. The van der Waals surface area contributed by atoms with Crippen LogP contribution in [0.3, 0.4) is 0 Å². The van der Waals surface area contributed by atoms with Gasteiger partial charge in [-0.15, -0.1) is 4.39 Å². The number of carbonyl (C=O) groups is 1. The van der Waals surface area contributed by atoms with E-state index in [2.05, 4.69) is 0 Å². The lowest BCUT2D eigenvalue weighted by Crippen LogP contribution is -2.28. The molecular formula is C16H16FNO. The highest BCUT2D eigenvalue weighted by Crippen LogP contribution is 2.08. The number of carbonyl (C=O) groups excluding carboxylic acids is 1. The number of rotatable bonds is 5. The summed E-state index contributed by atoms with van der Waals surface area (Å²) in [6.07, 6.45) is -0.719. The van der Waals surface area contributed by atoms with E-state index >= 15 is 0 Å². The molecule has 98 valence electrons. The zero-order valence-corrected chi connectivity index (χ0v) is 10.6. The summed E-state index contributed by atoms with van der Waals surface area (Å²) in [7, 11) is 0. The molecule has 0 spiro atoms. The summed E-state index contributed by atoms with van der Waals surface area (Å²) < 4.78 is 13.0. The zero-order chi connectivity index (χ0) is 13.5. The van der Waals surface area contributed by atoms with Crippen LogP contribution >= 0.6 is 0 Å². The molecule has 0 unspecified atom stereocenters. The molecule has 3 heteroatoms. The largest absolute Gasteiger partial charge is 0.400 e.